The summed E-state index contributed by atoms with van der Waals surface area (Å²) < 4.78 is 0. The Kier molecular flexibility index (Phi) is 5.59. The molecule has 1 N–H and O–H groups in total. The Balaban J connectivity index is 1.73. The molecule has 0 heterocycles. The maximum absolute atomic E-state index is 9.62. The molecule has 2 saturated carbocycles. The highest BCUT2D eigenvalue weighted by molar-refractivity contribution is 7.99. The summed E-state index contributed by atoms with van der Waals surface area (Å²) in [5.41, 5.74) is -0.181. The van der Waals surface area contributed by atoms with E-state index in [4.69, 9.17) is 0 Å². The van der Waals surface area contributed by atoms with Gasteiger partial charge in [-0.25, -0.2) is 0 Å². The molecule has 2 atom stereocenters. The lowest BCUT2D eigenvalue weighted by atomic mass is 9.86. The predicted octanol–water partition coefficient (Wildman–Crippen LogP) is 3.97. The molecule has 0 amide bonds. The monoisotopic (exact) mass is 280 g/mol. The van der Waals surface area contributed by atoms with Crippen LogP contribution in [0.4, 0.5) is 0 Å². The maximum Gasteiger partial charge on any atom is 0.109 e. The van der Waals surface area contributed by atoms with Crippen LogP contribution in [0.5, 0.6) is 0 Å². The summed E-state index contributed by atoms with van der Waals surface area (Å²) in [7, 11) is 0. The fourth-order valence-electron chi connectivity index (χ4n) is 3.08. The summed E-state index contributed by atoms with van der Waals surface area (Å²) in [5.74, 6) is 3.91. The Morgan fingerprint density at radius 3 is 2.74 bits per heavy atom. The van der Waals surface area contributed by atoms with Gasteiger partial charge in [-0.15, -0.1) is 0 Å². The third kappa shape index (κ3) is 4.39. The molecule has 0 spiro atoms. The lowest BCUT2D eigenvalue weighted by Gasteiger charge is -2.30. The van der Waals surface area contributed by atoms with Crippen molar-refractivity contribution in [3.05, 3.63) is 0 Å². The molecule has 0 aromatic rings. The Hall–Kier alpha value is -0.200. The minimum atomic E-state index is -0.181. The Morgan fingerprint density at radius 1 is 1.32 bits per heavy atom. The third-order valence-corrected chi connectivity index (χ3v) is 5.56. The first-order valence-electron chi connectivity index (χ1n) is 7.93. The van der Waals surface area contributed by atoms with E-state index >= 15 is 0 Å². The molecule has 2 aliphatic carbocycles. The number of hydrogen-bond donors (Lipinski definition) is 1. The molecular formula is C16H28N2S. The van der Waals surface area contributed by atoms with E-state index in [9.17, 15) is 5.26 Å². The number of nitriles is 1. The minimum Gasteiger partial charge on any atom is -0.296 e. The molecule has 2 unspecified atom stereocenters. The molecule has 0 aromatic heterocycles. The first kappa shape index (κ1) is 15.2. The molecule has 0 saturated heterocycles. The van der Waals surface area contributed by atoms with Crippen molar-refractivity contribution in [1.29, 1.82) is 5.26 Å². The fraction of sp³-hybridized carbons (Fsp3) is 0.938. The van der Waals surface area contributed by atoms with Gasteiger partial charge < -0.3 is 0 Å². The number of nitrogens with one attached hydrogen (secondary N) is 1. The fourth-order valence-corrected chi connectivity index (χ4v) is 4.37. The minimum absolute atomic E-state index is 0.181. The molecule has 19 heavy (non-hydrogen) atoms. The normalized spacial score (nSPS) is 30.7. The molecule has 0 aromatic carbocycles. The van der Waals surface area contributed by atoms with Gasteiger partial charge in [0.15, 0.2) is 0 Å². The Labute approximate surface area is 122 Å². The molecule has 2 aliphatic rings. The van der Waals surface area contributed by atoms with Crippen LogP contribution in [0.3, 0.4) is 0 Å². The van der Waals surface area contributed by atoms with Gasteiger partial charge in [-0.05, 0) is 61.9 Å². The summed E-state index contributed by atoms with van der Waals surface area (Å²) in [4.78, 5) is 0. The second kappa shape index (κ2) is 6.99. The van der Waals surface area contributed by atoms with E-state index in [-0.39, 0.29) is 5.54 Å². The van der Waals surface area contributed by atoms with E-state index in [1.165, 1.54) is 50.0 Å². The van der Waals surface area contributed by atoms with Gasteiger partial charge >= 0.3 is 0 Å². The molecule has 2 nitrogen and oxygen atoms in total. The highest BCUT2D eigenvalue weighted by Crippen LogP contribution is 2.40. The van der Waals surface area contributed by atoms with Gasteiger partial charge in [-0.2, -0.15) is 17.0 Å². The highest BCUT2D eigenvalue weighted by atomic mass is 32.2. The molecule has 108 valence electrons. The van der Waals surface area contributed by atoms with E-state index in [0.717, 1.165) is 12.3 Å². The number of hydrogen-bond acceptors (Lipinski definition) is 3. The highest BCUT2D eigenvalue weighted by Gasteiger charge is 2.45. The zero-order valence-corrected chi connectivity index (χ0v) is 13.3. The Bertz CT molecular complexity index is 319. The van der Waals surface area contributed by atoms with Gasteiger partial charge in [0, 0.05) is 6.04 Å². The van der Waals surface area contributed by atoms with Gasteiger partial charge in [0.25, 0.3) is 0 Å². The lowest BCUT2D eigenvalue weighted by molar-refractivity contribution is 0.308. The van der Waals surface area contributed by atoms with Crippen molar-refractivity contribution >= 4 is 11.8 Å². The first-order valence-corrected chi connectivity index (χ1v) is 9.08. The lowest BCUT2D eigenvalue weighted by Crippen LogP contribution is -2.48. The van der Waals surface area contributed by atoms with Crippen LogP contribution in [0, 0.1) is 23.2 Å². The number of rotatable bonds is 8. The van der Waals surface area contributed by atoms with E-state index < -0.39 is 0 Å². The van der Waals surface area contributed by atoms with Crippen LogP contribution in [0.25, 0.3) is 0 Å². The van der Waals surface area contributed by atoms with Gasteiger partial charge in [0.2, 0.25) is 0 Å². The van der Waals surface area contributed by atoms with Crippen LogP contribution < -0.4 is 5.32 Å². The van der Waals surface area contributed by atoms with Gasteiger partial charge in [-0.1, -0.05) is 20.3 Å². The number of thioether (sulfide) groups is 1. The summed E-state index contributed by atoms with van der Waals surface area (Å²) in [6, 6.07) is 3.28. The van der Waals surface area contributed by atoms with Crippen LogP contribution in [-0.2, 0) is 0 Å². The van der Waals surface area contributed by atoms with Crippen molar-refractivity contribution < 1.29 is 0 Å². The smallest absolute Gasteiger partial charge is 0.109 e. The maximum atomic E-state index is 9.62. The van der Waals surface area contributed by atoms with E-state index in [1.807, 2.05) is 0 Å². The average molecular weight is 280 g/mol. The van der Waals surface area contributed by atoms with Crippen LogP contribution in [0.15, 0.2) is 0 Å². The van der Waals surface area contributed by atoms with Gasteiger partial charge in [0.05, 0.1) is 6.07 Å². The molecule has 2 rings (SSSR count). The first-order chi connectivity index (χ1) is 9.16. The van der Waals surface area contributed by atoms with Crippen molar-refractivity contribution in [3.8, 4) is 6.07 Å². The summed E-state index contributed by atoms with van der Waals surface area (Å²) >= 11 is 2.08. The summed E-state index contributed by atoms with van der Waals surface area (Å²) in [5, 5.41) is 13.3. The second-order valence-corrected chi connectivity index (χ2v) is 7.90. The second-order valence-electron chi connectivity index (χ2n) is 6.67. The average Bonchev–Trinajstić information content (AvgIpc) is 3.09. The van der Waals surface area contributed by atoms with Crippen molar-refractivity contribution in [1.82, 2.24) is 5.32 Å². The van der Waals surface area contributed by atoms with Crippen molar-refractivity contribution in [2.45, 2.75) is 70.4 Å². The van der Waals surface area contributed by atoms with E-state index in [1.54, 1.807) is 0 Å². The van der Waals surface area contributed by atoms with Crippen molar-refractivity contribution in [2.75, 3.05) is 11.5 Å². The number of nitrogens with zero attached hydrogens (tertiary/aromatic N) is 1. The SMILES string of the molecule is CC(C)CCSCCC1CCCC1(C#N)NC1CC1. The van der Waals surface area contributed by atoms with Gasteiger partial charge in [-0.3, -0.25) is 5.32 Å². The molecular weight excluding hydrogens is 252 g/mol. The van der Waals surface area contributed by atoms with Gasteiger partial charge in [0.1, 0.15) is 5.54 Å². The van der Waals surface area contributed by atoms with E-state index in [2.05, 4.69) is 37.0 Å². The van der Waals surface area contributed by atoms with Crippen molar-refractivity contribution in [3.63, 3.8) is 0 Å². The topological polar surface area (TPSA) is 35.8 Å². The molecule has 3 heteroatoms. The summed E-state index contributed by atoms with van der Waals surface area (Å²) in [6.07, 6.45) is 8.64. The van der Waals surface area contributed by atoms with Crippen LogP contribution in [-0.4, -0.2) is 23.1 Å². The molecule has 0 radical (unpaired) electrons. The van der Waals surface area contributed by atoms with Crippen molar-refractivity contribution in [2.24, 2.45) is 11.8 Å². The quantitative estimate of drug-likeness (QED) is 0.683. The zero-order chi connectivity index (χ0) is 13.7. The summed E-state index contributed by atoms with van der Waals surface area (Å²) in [6.45, 7) is 4.58. The molecule has 0 aliphatic heterocycles. The predicted molar refractivity (Wildman–Crippen MR) is 83.2 cm³/mol. The Morgan fingerprint density at radius 2 is 2.11 bits per heavy atom. The molecule has 2 fully saturated rings. The molecule has 0 bridgehead atoms. The van der Waals surface area contributed by atoms with E-state index in [0.29, 0.717) is 12.0 Å². The standard InChI is InChI=1S/C16H28N2S/c1-13(2)7-10-19-11-8-14-4-3-9-16(14,12-17)18-15-5-6-15/h13-15,18H,3-11H2,1-2H3. The zero-order valence-electron chi connectivity index (χ0n) is 12.5. The third-order valence-electron chi connectivity index (χ3n) is 4.51. The van der Waals surface area contributed by atoms with Crippen LogP contribution in [0.1, 0.15) is 58.8 Å². The largest absolute Gasteiger partial charge is 0.296 e. The van der Waals surface area contributed by atoms with Crippen LogP contribution in [0.2, 0.25) is 0 Å². The van der Waals surface area contributed by atoms with Crippen LogP contribution >= 0.6 is 11.8 Å².